The Bertz CT molecular complexity index is 476. The third-order valence-corrected chi connectivity index (χ3v) is 7.12. The van der Waals surface area contributed by atoms with Gasteiger partial charge in [-0.2, -0.15) is 0 Å². The van der Waals surface area contributed by atoms with Gasteiger partial charge in [0.1, 0.15) is 5.78 Å². The summed E-state index contributed by atoms with van der Waals surface area (Å²) in [6.45, 7) is 0.694. The molecule has 2 aliphatic heterocycles. The molecule has 114 valence electrons. The minimum absolute atomic E-state index is 0.0275. The minimum atomic E-state index is -2.87. The molecule has 2 saturated heterocycles. The monoisotopic (exact) mass is 300 g/mol. The van der Waals surface area contributed by atoms with E-state index >= 15 is 0 Å². The van der Waals surface area contributed by atoms with Crippen LogP contribution in [0, 0.1) is 11.8 Å². The van der Waals surface area contributed by atoms with Gasteiger partial charge < -0.3 is 4.74 Å². The molecule has 0 aromatic carbocycles. The van der Waals surface area contributed by atoms with Gasteiger partial charge in [0.25, 0.3) is 0 Å². The summed E-state index contributed by atoms with van der Waals surface area (Å²) < 4.78 is 28.9. The summed E-state index contributed by atoms with van der Waals surface area (Å²) in [7, 11) is -2.87. The first-order valence-electron chi connectivity index (χ1n) is 7.85. The molecule has 2 unspecified atom stereocenters. The molecule has 0 bridgehead atoms. The summed E-state index contributed by atoms with van der Waals surface area (Å²) in [5.74, 6) is 0.928. The first-order chi connectivity index (χ1) is 9.48. The zero-order valence-corrected chi connectivity index (χ0v) is 12.8. The summed E-state index contributed by atoms with van der Waals surface area (Å²) in [5.41, 5.74) is -0.0275. The van der Waals surface area contributed by atoms with Crippen LogP contribution in [0.1, 0.15) is 51.4 Å². The molecular weight excluding hydrogens is 276 g/mol. The average Bonchev–Trinajstić information content (AvgIpc) is 2.97. The van der Waals surface area contributed by atoms with Crippen molar-refractivity contribution < 1.29 is 17.9 Å². The number of ketones is 1. The molecule has 4 nitrogen and oxygen atoms in total. The highest BCUT2D eigenvalue weighted by molar-refractivity contribution is 7.91. The highest BCUT2D eigenvalue weighted by Crippen LogP contribution is 2.42. The van der Waals surface area contributed by atoms with Crippen molar-refractivity contribution in [2.24, 2.45) is 11.8 Å². The molecule has 20 heavy (non-hydrogen) atoms. The second kappa shape index (κ2) is 5.41. The Balaban J connectivity index is 1.57. The zero-order valence-electron chi connectivity index (χ0n) is 12.0. The predicted octanol–water partition coefficient (Wildman–Crippen LogP) is 2.12. The second-order valence-corrected chi connectivity index (χ2v) is 9.10. The molecule has 0 aromatic rings. The van der Waals surface area contributed by atoms with Crippen molar-refractivity contribution in [3.8, 4) is 0 Å². The number of carbonyl (C=O) groups excluding carboxylic acids is 1. The van der Waals surface area contributed by atoms with Crippen molar-refractivity contribution >= 4 is 15.6 Å². The van der Waals surface area contributed by atoms with E-state index in [9.17, 15) is 13.2 Å². The lowest BCUT2D eigenvalue weighted by molar-refractivity contribution is -0.137. The van der Waals surface area contributed by atoms with Gasteiger partial charge in [-0.25, -0.2) is 8.42 Å². The molecule has 1 aliphatic carbocycles. The summed E-state index contributed by atoms with van der Waals surface area (Å²) in [6, 6.07) is 0. The van der Waals surface area contributed by atoms with Crippen LogP contribution in [0.2, 0.25) is 0 Å². The highest BCUT2D eigenvalue weighted by atomic mass is 32.2. The van der Waals surface area contributed by atoms with Gasteiger partial charge in [-0.3, -0.25) is 4.79 Å². The largest absolute Gasteiger partial charge is 0.375 e. The van der Waals surface area contributed by atoms with Crippen molar-refractivity contribution in [3.05, 3.63) is 0 Å². The lowest BCUT2D eigenvalue weighted by atomic mass is 9.80. The van der Waals surface area contributed by atoms with Crippen LogP contribution in [0.3, 0.4) is 0 Å². The van der Waals surface area contributed by atoms with E-state index in [1.807, 2.05) is 0 Å². The Hall–Kier alpha value is -0.420. The van der Waals surface area contributed by atoms with Gasteiger partial charge in [0.05, 0.1) is 17.1 Å². The number of hydrogen-bond acceptors (Lipinski definition) is 4. The molecular formula is C15H24O4S. The SMILES string of the molecule is O=C(CC1CCS(=O)(=O)C1)C1CCOC2(CCCC2)C1. The molecule has 0 amide bonds. The number of rotatable bonds is 3. The van der Waals surface area contributed by atoms with Crippen LogP contribution >= 0.6 is 0 Å². The molecule has 0 aromatic heterocycles. The molecule has 3 aliphatic rings. The third-order valence-electron chi connectivity index (χ3n) is 5.28. The molecule has 3 rings (SSSR count). The second-order valence-electron chi connectivity index (χ2n) is 6.87. The lowest BCUT2D eigenvalue weighted by Crippen LogP contribution is -2.40. The molecule has 1 saturated carbocycles. The van der Waals surface area contributed by atoms with Gasteiger partial charge in [-0.05, 0) is 38.0 Å². The maximum absolute atomic E-state index is 12.5. The van der Waals surface area contributed by atoms with Crippen molar-refractivity contribution in [2.75, 3.05) is 18.1 Å². The number of hydrogen-bond donors (Lipinski definition) is 0. The van der Waals surface area contributed by atoms with Crippen molar-refractivity contribution in [3.63, 3.8) is 0 Å². The van der Waals surface area contributed by atoms with Gasteiger partial charge in [-0.15, -0.1) is 0 Å². The number of carbonyl (C=O) groups is 1. The van der Waals surface area contributed by atoms with Crippen LogP contribution < -0.4 is 0 Å². The van der Waals surface area contributed by atoms with E-state index in [0.29, 0.717) is 19.4 Å². The number of ether oxygens (including phenoxy) is 1. The quantitative estimate of drug-likeness (QED) is 0.801. The highest BCUT2D eigenvalue weighted by Gasteiger charge is 2.42. The normalized spacial score (nSPS) is 35.4. The Morgan fingerprint density at radius 2 is 1.95 bits per heavy atom. The van der Waals surface area contributed by atoms with E-state index in [4.69, 9.17) is 4.74 Å². The summed E-state index contributed by atoms with van der Waals surface area (Å²) in [6.07, 6.45) is 7.42. The molecule has 5 heteroatoms. The summed E-state index contributed by atoms with van der Waals surface area (Å²) in [4.78, 5) is 12.5. The molecule has 0 radical (unpaired) electrons. The van der Waals surface area contributed by atoms with Gasteiger partial charge >= 0.3 is 0 Å². The summed E-state index contributed by atoms with van der Waals surface area (Å²) in [5, 5.41) is 0. The van der Waals surface area contributed by atoms with Crippen molar-refractivity contribution in [1.82, 2.24) is 0 Å². The first kappa shape index (κ1) is 14.5. The van der Waals surface area contributed by atoms with E-state index < -0.39 is 9.84 Å². The van der Waals surface area contributed by atoms with Crippen LogP contribution in [0.25, 0.3) is 0 Å². The molecule has 3 fully saturated rings. The third kappa shape index (κ3) is 3.08. The standard InChI is InChI=1S/C15H24O4S/c16-14(9-12-4-8-20(17,18)11-12)13-3-7-19-15(10-13)5-1-2-6-15/h12-13H,1-11H2. The Labute approximate surface area is 121 Å². The van der Waals surface area contributed by atoms with E-state index in [-0.39, 0.29) is 34.7 Å². The molecule has 2 atom stereocenters. The Kier molecular flexibility index (Phi) is 3.93. The van der Waals surface area contributed by atoms with Crippen LogP contribution in [0.15, 0.2) is 0 Å². The fourth-order valence-corrected chi connectivity index (χ4v) is 6.02. The van der Waals surface area contributed by atoms with Gasteiger partial charge in [0, 0.05) is 18.9 Å². The Morgan fingerprint density at radius 3 is 2.60 bits per heavy atom. The minimum Gasteiger partial charge on any atom is -0.375 e. The van der Waals surface area contributed by atoms with Crippen LogP contribution in [-0.4, -0.2) is 37.9 Å². The van der Waals surface area contributed by atoms with Crippen LogP contribution in [-0.2, 0) is 19.4 Å². The fourth-order valence-electron chi connectivity index (χ4n) is 4.15. The van der Waals surface area contributed by atoms with Gasteiger partial charge in [0.2, 0.25) is 0 Å². The van der Waals surface area contributed by atoms with E-state index in [1.165, 1.54) is 12.8 Å². The number of sulfone groups is 1. The first-order valence-corrected chi connectivity index (χ1v) is 9.67. The zero-order chi connectivity index (χ0) is 14.2. The van der Waals surface area contributed by atoms with Gasteiger partial charge in [-0.1, -0.05) is 12.8 Å². The lowest BCUT2D eigenvalue weighted by Gasteiger charge is -2.38. The van der Waals surface area contributed by atoms with Crippen LogP contribution in [0.5, 0.6) is 0 Å². The van der Waals surface area contributed by atoms with Crippen molar-refractivity contribution in [2.45, 2.75) is 57.0 Å². The average molecular weight is 300 g/mol. The molecule has 2 heterocycles. The topological polar surface area (TPSA) is 60.4 Å². The number of Topliss-reactive ketones (excluding diaryl/α,β-unsaturated/α-hetero) is 1. The summed E-state index contributed by atoms with van der Waals surface area (Å²) >= 11 is 0. The predicted molar refractivity (Wildman–Crippen MR) is 76.3 cm³/mol. The molecule has 0 N–H and O–H groups in total. The van der Waals surface area contributed by atoms with Crippen molar-refractivity contribution in [1.29, 1.82) is 0 Å². The smallest absolute Gasteiger partial charge is 0.150 e. The van der Waals surface area contributed by atoms with E-state index in [1.54, 1.807) is 0 Å². The van der Waals surface area contributed by atoms with E-state index in [0.717, 1.165) is 25.7 Å². The Morgan fingerprint density at radius 1 is 1.20 bits per heavy atom. The maximum atomic E-state index is 12.5. The fraction of sp³-hybridized carbons (Fsp3) is 0.933. The van der Waals surface area contributed by atoms with E-state index in [2.05, 4.69) is 0 Å². The molecule has 1 spiro atoms. The maximum Gasteiger partial charge on any atom is 0.150 e. The van der Waals surface area contributed by atoms with Crippen LogP contribution in [0.4, 0.5) is 0 Å². The van der Waals surface area contributed by atoms with Gasteiger partial charge in [0.15, 0.2) is 9.84 Å².